The minimum absolute atomic E-state index is 0.459. The van der Waals surface area contributed by atoms with Crippen LogP contribution in [0.3, 0.4) is 0 Å². The van der Waals surface area contributed by atoms with E-state index < -0.39 is 0 Å². The largest absolute Gasteiger partial charge is 0.269 e. The first-order valence-electron chi connectivity index (χ1n) is 5.85. The Morgan fingerprint density at radius 3 is 2.71 bits per heavy atom. The van der Waals surface area contributed by atoms with E-state index in [4.69, 9.17) is 11.6 Å². The molecule has 0 unspecified atom stereocenters. The molecule has 1 aliphatic carbocycles. The number of hydrogen-bond acceptors (Lipinski definition) is 2. The Morgan fingerprint density at radius 2 is 2.00 bits per heavy atom. The normalized spacial score (nSPS) is 15.2. The van der Waals surface area contributed by atoms with E-state index >= 15 is 0 Å². The van der Waals surface area contributed by atoms with Gasteiger partial charge < -0.3 is 0 Å². The van der Waals surface area contributed by atoms with Crippen LogP contribution in [0, 0.1) is 13.8 Å². The molecule has 0 bridgehead atoms. The first-order chi connectivity index (χ1) is 8.16. The van der Waals surface area contributed by atoms with Crippen LogP contribution in [-0.4, -0.2) is 14.8 Å². The van der Waals surface area contributed by atoms with E-state index in [1.165, 1.54) is 24.0 Å². The molecule has 0 spiro atoms. The van der Waals surface area contributed by atoms with Crippen molar-refractivity contribution >= 4 is 11.6 Å². The van der Waals surface area contributed by atoms with Crippen LogP contribution >= 0.6 is 11.6 Å². The Balaban J connectivity index is 2.19. The number of benzene rings is 1. The van der Waals surface area contributed by atoms with E-state index in [1.54, 1.807) is 0 Å². The quantitative estimate of drug-likeness (QED) is 0.814. The van der Waals surface area contributed by atoms with Gasteiger partial charge in [-0.1, -0.05) is 12.1 Å². The van der Waals surface area contributed by atoms with Gasteiger partial charge in [-0.25, -0.2) is 0 Å². The molecule has 0 atom stereocenters. The summed E-state index contributed by atoms with van der Waals surface area (Å²) < 4.78 is 1.99. The SMILES string of the molecule is Cc1ccc(C)c(-n2c(Cl)nnc2C2CC2)c1. The number of aromatic nitrogens is 3. The summed E-state index contributed by atoms with van der Waals surface area (Å²) in [6.45, 7) is 4.17. The van der Waals surface area contributed by atoms with Gasteiger partial charge in [-0.05, 0) is 55.5 Å². The van der Waals surface area contributed by atoms with Gasteiger partial charge in [0.05, 0.1) is 5.69 Å². The van der Waals surface area contributed by atoms with Crippen LogP contribution < -0.4 is 0 Å². The van der Waals surface area contributed by atoms with E-state index in [9.17, 15) is 0 Å². The predicted molar refractivity (Wildman–Crippen MR) is 67.8 cm³/mol. The number of hydrogen-bond donors (Lipinski definition) is 0. The van der Waals surface area contributed by atoms with Crippen molar-refractivity contribution in [1.82, 2.24) is 14.8 Å². The van der Waals surface area contributed by atoms with Crippen LogP contribution in [-0.2, 0) is 0 Å². The van der Waals surface area contributed by atoms with Crippen molar-refractivity contribution in [2.24, 2.45) is 0 Å². The first kappa shape index (κ1) is 10.8. The average Bonchev–Trinajstić information content (AvgIpc) is 3.07. The zero-order valence-electron chi connectivity index (χ0n) is 9.94. The van der Waals surface area contributed by atoms with Crippen LogP contribution in [0.2, 0.25) is 5.28 Å². The van der Waals surface area contributed by atoms with E-state index in [0.717, 1.165) is 11.5 Å². The van der Waals surface area contributed by atoms with E-state index in [2.05, 4.69) is 42.2 Å². The lowest BCUT2D eigenvalue weighted by molar-refractivity contribution is 0.867. The fourth-order valence-electron chi connectivity index (χ4n) is 2.07. The van der Waals surface area contributed by atoms with E-state index in [-0.39, 0.29) is 0 Å². The highest BCUT2D eigenvalue weighted by Crippen LogP contribution is 2.41. The average molecular weight is 248 g/mol. The molecule has 1 fully saturated rings. The van der Waals surface area contributed by atoms with Crippen molar-refractivity contribution in [3.05, 3.63) is 40.4 Å². The van der Waals surface area contributed by atoms with Crippen molar-refractivity contribution in [3.63, 3.8) is 0 Å². The van der Waals surface area contributed by atoms with Crippen LogP contribution in [0.15, 0.2) is 18.2 Å². The molecule has 0 saturated heterocycles. The smallest absolute Gasteiger partial charge is 0.229 e. The molecule has 1 saturated carbocycles. The molecule has 0 radical (unpaired) electrons. The molecule has 2 aromatic rings. The van der Waals surface area contributed by atoms with Crippen molar-refractivity contribution in [1.29, 1.82) is 0 Å². The lowest BCUT2D eigenvalue weighted by Crippen LogP contribution is -2.02. The van der Waals surface area contributed by atoms with Crippen LogP contribution in [0.25, 0.3) is 5.69 Å². The molecule has 0 amide bonds. The van der Waals surface area contributed by atoms with Crippen molar-refractivity contribution in [3.8, 4) is 5.69 Å². The molecule has 0 N–H and O–H groups in total. The van der Waals surface area contributed by atoms with Crippen molar-refractivity contribution in [2.45, 2.75) is 32.6 Å². The molecule has 1 aromatic heterocycles. The summed E-state index contributed by atoms with van der Waals surface area (Å²) in [4.78, 5) is 0. The number of halogens is 1. The molecule has 1 aliphatic rings. The standard InChI is InChI=1S/C13H14ClN3/c1-8-3-4-9(2)11(7-8)17-12(10-5-6-10)15-16-13(17)14/h3-4,7,10H,5-6H2,1-2H3. The summed E-state index contributed by atoms with van der Waals surface area (Å²) in [5.41, 5.74) is 3.51. The maximum absolute atomic E-state index is 6.16. The van der Waals surface area contributed by atoms with Gasteiger partial charge in [0.1, 0.15) is 5.82 Å². The van der Waals surface area contributed by atoms with Gasteiger partial charge >= 0.3 is 0 Å². The molecule has 1 heterocycles. The number of nitrogens with zero attached hydrogens (tertiary/aromatic N) is 3. The Labute approximate surface area is 105 Å². The molecule has 0 aliphatic heterocycles. The van der Waals surface area contributed by atoms with Gasteiger partial charge in [-0.2, -0.15) is 0 Å². The summed E-state index contributed by atoms with van der Waals surface area (Å²) in [6.07, 6.45) is 2.39. The Hall–Kier alpha value is -1.35. The molecular weight excluding hydrogens is 234 g/mol. The topological polar surface area (TPSA) is 30.7 Å². The minimum Gasteiger partial charge on any atom is -0.269 e. The fourth-order valence-corrected chi connectivity index (χ4v) is 2.28. The zero-order valence-corrected chi connectivity index (χ0v) is 10.7. The highest BCUT2D eigenvalue weighted by atomic mass is 35.5. The van der Waals surface area contributed by atoms with Gasteiger partial charge in [0.2, 0.25) is 5.28 Å². The second-order valence-electron chi connectivity index (χ2n) is 4.73. The zero-order chi connectivity index (χ0) is 12.0. The van der Waals surface area contributed by atoms with Gasteiger partial charge in [0, 0.05) is 5.92 Å². The molecule has 88 valence electrons. The molecule has 3 rings (SSSR count). The van der Waals surface area contributed by atoms with Crippen LogP contribution in [0.1, 0.15) is 35.7 Å². The van der Waals surface area contributed by atoms with E-state index in [1.807, 2.05) is 4.57 Å². The summed E-state index contributed by atoms with van der Waals surface area (Å²) in [5, 5.41) is 8.67. The molecule has 3 nitrogen and oxygen atoms in total. The monoisotopic (exact) mass is 247 g/mol. The highest BCUT2D eigenvalue weighted by molar-refractivity contribution is 6.28. The third-order valence-corrected chi connectivity index (χ3v) is 3.44. The Kier molecular flexibility index (Phi) is 2.44. The summed E-state index contributed by atoms with van der Waals surface area (Å²) in [7, 11) is 0. The first-order valence-corrected chi connectivity index (χ1v) is 6.23. The number of rotatable bonds is 2. The van der Waals surface area contributed by atoms with Gasteiger partial charge in [0.25, 0.3) is 0 Å². The second kappa shape index (κ2) is 3.84. The van der Waals surface area contributed by atoms with Crippen LogP contribution in [0.4, 0.5) is 0 Å². The van der Waals surface area contributed by atoms with E-state index in [0.29, 0.717) is 11.2 Å². The van der Waals surface area contributed by atoms with Gasteiger partial charge in [-0.15, -0.1) is 10.2 Å². The van der Waals surface area contributed by atoms with Crippen LogP contribution in [0.5, 0.6) is 0 Å². The Morgan fingerprint density at radius 1 is 1.24 bits per heavy atom. The Bertz CT molecular complexity index is 570. The fraction of sp³-hybridized carbons (Fsp3) is 0.385. The molecule has 17 heavy (non-hydrogen) atoms. The lowest BCUT2D eigenvalue weighted by Gasteiger charge is -2.11. The second-order valence-corrected chi connectivity index (χ2v) is 5.06. The van der Waals surface area contributed by atoms with Crippen molar-refractivity contribution in [2.75, 3.05) is 0 Å². The molecule has 1 aromatic carbocycles. The number of aryl methyl sites for hydroxylation is 2. The third kappa shape index (κ3) is 1.84. The molecular formula is C13H14ClN3. The maximum atomic E-state index is 6.16. The van der Waals surface area contributed by atoms with Gasteiger partial charge in [0.15, 0.2) is 0 Å². The maximum Gasteiger partial charge on any atom is 0.229 e. The predicted octanol–water partition coefficient (Wildman–Crippen LogP) is 3.41. The third-order valence-electron chi connectivity index (χ3n) is 3.20. The minimum atomic E-state index is 0.459. The van der Waals surface area contributed by atoms with Gasteiger partial charge in [-0.3, -0.25) is 4.57 Å². The van der Waals surface area contributed by atoms with Crippen molar-refractivity contribution < 1.29 is 0 Å². The highest BCUT2D eigenvalue weighted by Gasteiger charge is 2.30. The lowest BCUT2D eigenvalue weighted by atomic mass is 10.1. The molecule has 4 heteroatoms. The summed E-state index contributed by atoms with van der Waals surface area (Å²) in [6, 6.07) is 6.35. The summed E-state index contributed by atoms with van der Waals surface area (Å²) >= 11 is 6.16. The summed E-state index contributed by atoms with van der Waals surface area (Å²) in [5.74, 6) is 1.54.